The summed E-state index contributed by atoms with van der Waals surface area (Å²) in [5.74, 6) is 0.738. The van der Waals surface area contributed by atoms with Crippen molar-refractivity contribution in [2.75, 3.05) is 36.5 Å². The number of amides is 2. The Hall–Kier alpha value is -2.72. The first kappa shape index (κ1) is 23.0. The van der Waals surface area contributed by atoms with Gasteiger partial charge in [-0.05, 0) is 23.0 Å². The molecule has 0 bridgehead atoms. The number of rotatable bonds is 6. The predicted molar refractivity (Wildman–Crippen MR) is 119 cm³/mol. The molecule has 9 nitrogen and oxygen atoms in total. The highest BCUT2D eigenvalue weighted by Crippen LogP contribution is 2.32. The van der Waals surface area contributed by atoms with Crippen LogP contribution >= 0.6 is 0 Å². The van der Waals surface area contributed by atoms with E-state index in [-0.39, 0.29) is 16.9 Å². The van der Waals surface area contributed by atoms with Crippen molar-refractivity contribution in [3.63, 3.8) is 0 Å². The Morgan fingerprint density at radius 1 is 1.06 bits per heavy atom. The topological polar surface area (TPSA) is 114 Å². The van der Waals surface area contributed by atoms with Crippen LogP contribution in [0.5, 0.6) is 0 Å². The summed E-state index contributed by atoms with van der Waals surface area (Å²) in [7, 11) is -4.20. The zero-order chi connectivity index (χ0) is 22.6. The molecule has 0 aliphatic carbocycles. The minimum absolute atomic E-state index is 0.154. The molecule has 2 aromatic rings. The van der Waals surface area contributed by atoms with Crippen LogP contribution in [0.1, 0.15) is 50.7 Å². The van der Waals surface area contributed by atoms with Crippen LogP contribution in [0.15, 0.2) is 35.6 Å². The molecule has 1 aliphatic heterocycles. The Morgan fingerprint density at radius 3 is 2.26 bits per heavy atom. The van der Waals surface area contributed by atoms with E-state index in [0.717, 1.165) is 17.3 Å². The van der Waals surface area contributed by atoms with Crippen molar-refractivity contribution in [1.29, 1.82) is 0 Å². The molecule has 168 valence electrons. The van der Waals surface area contributed by atoms with Crippen LogP contribution in [0.3, 0.4) is 0 Å². The number of sulfonamides is 1. The first-order chi connectivity index (χ1) is 14.7. The van der Waals surface area contributed by atoms with E-state index in [1.54, 1.807) is 0 Å². The van der Waals surface area contributed by atoms with E-state index in [1.807, 2.05) is 50.8 Å². The molecule has 1 aromatic carbocycles. The van der Waals surface area contributed by atoms with Crippen LogP contribution < -0.4 is 14.9 Å². The van der Waals surface area contributed by atoms with Crippen LogP contribution in [0.4, 0.5) is 16.3 Å². The van der Waals surface area contributed by atoms with E-state index in [9.17, 15) is 13.2 Å². The minimum Gasteiger partial charge on any atom is -0.378 e. The highest BCUT2D eigenvalue weighted by atomic mass is 32.2. The van der Waals surface area contributed by atoms with E-state index in [1.165, 1.54) is 6.20 Å². The van der Waals surface area contributed by atoms with Crippen LogP contribution in [0.2, 0.25) is 0 Å². The van der Waals surface area contributed by atoms with Gasteiger partial charge in [-0.2, -0.15) is 8.42 Å². The number of carbonyl (C=O) groups is 1. The van der Waals surface area contributed by atoms with Gasteiger partial charge in [0.05, 0.1) is 25.6 Å². The highest BCUT2D eigenvalue weighted by Gasteiger charge is 2.24. The maximum atomic E-state index is 12.8. The maximum Gasteiger partial charge on any atom is 0.333 e. The number of anilines is 2. The Kier molecular flexibility index (Phi) is 7.11. The SMILES string of the molecule is CC(C)c1cccc(C(C)C)c1NC(=O)NS(=O)(=O)c1cncc(N2CCOCC2)n1. The maximum absolute atomic E-state index is 12.8. The van der Waals surface area contributed by atoms with Gasteiger partial charge < -0.3 is 15.0 Å². The summed E-state index contributed by atoms with van der Waals surface area (Å²) in [4.78, 5) is 22.7. The first-order valence-electron chi connectivity index (χ1n) is 10.3. The van der Waals surface area contributed by atoms with Gasteiger partial charge >= 0.3 is 6.03 Å². The number of urea groups is 1. The van der Waals surface area contributed by atoms with Gasteiger partial charge in [-0.15, -0.1) is 0 Å². The van der Waals surface area contributed by atoms with Crippen molar-refractivity contribution < 1.29 is 17.9 Å². The smallest absolute Gasteiger partial charge is 0.333 e. The van der Waals surface area contributed by atoms with E-state index in [2.05, 4.69) is 20.0 Å². The lowest BCUT2D eigenvalue weighted by Crippen LogP contribution is -2.38. The summed E-state index contributed by atoms with van der Waals surface area (Å²) in [6, 6.07) is 4.96. The van der Waals surface area contributed by atoms with Crippen LogP contribution in [0.25, 0.3) is 0 Å². The largest absolute Gasteiger partial charge is 0.378 e. The number of carbonyl (C=O) groups excluding carboxylic acids is 1. The Morgan fingerprint density at radius 2 is 1.68 bits per heavy atom. The van der Waals surface area contributed by atoms with Crippen molar-refractivity contribution in [3.05, 3.63) is 41.7 Å². The van der Waals surface area contributed by atoms with Gasteiger partial charge in [0.25, 0.3) is 10.0 Å². The second-order valence-corrected chi connectivity index (χ2v) is 9.62. The number of para-hydroxylation sites is 1. The summed E-state index contributed by atoms with van der Waals surface area (Å²) >= 11 is 0. The van der Waals surface area contributed by atoms with E-state index < -0.39 is 16.1 Å². The van der Waals surface area contributed by atoms with Gasteiger partial charge in [0, 0.05) is 18.8 Å². The van der Waals surface area contributed by atoms with Gasteiger partial charge in [0.1, 0.15) is 5.82 Å². The second kappa shape index (κ2) is 9.61. The van der Waals surface area contributed by atoms with Crippen LogP contribution in [0, 0.1) is 0 Å². The summed E-state index contributed by atoms with van der Waals surface area (Å²) in [6.07, 6.45) is 2.62. The average Bonchev–Trinajstić information content (AvgIpc) is 2.74. The van der Waals surface area contributed by atoms with Crippen molar-refractivity contribution in [2.24, 2.45) is 0 Å². The number of ether oxygens (including phenoxy) is 1. The van der Waals surface area contributed by atoms with E-state index >= 15 is 0 Å². The fraction of sp³-hybridized carbons (Fsp3) is 0.476. The lowest BCUT2D eigenvalue weighted by Gasteiger charge is -2.27. The molecule has 1 aromatic heterocycles. The fourth-order valence-corrected chi connectivity index (χ4v) is 4.23. The summed E-state index contributed by atoms with van der Waals surface area (Å²) in [5.41, 5.74) is 2.51. The number of hydrogen-bond acceptors (Lipinski definition) is 7. The number of morpholine rings is 1. The lowest BCUT2D eigenvalue weighted by molar-refractivity contribution is 0.122. The van der Waals surface area contributed by atoms with Gasteiger partial charge in [-0.1, -0.05) is 45.9 Å². The zero-order valence-electron chi connectivity index (χ0n) is 18.3. The van der Waals surface area contributed by atoms with Gasteiger partial charge in [0.2, 0.25) is 0 Å². The normalized spacial score (nSPS) is 14.7. The average molecular weight is 448 g/mol. The molecule has 3 rings (SSSR count). The molecule has 0 saturated carbocycles. The van der Waals surface area contributed by atoms with Crippen molar-refractivity contribution in [2.45, 2.75) is 44.6 Å². The van der Waals surface area contributed by atoms with Crippen LogP contribution in [-0.4, -0.2) is 50.7 Å². The minimum atomic E-state index is -4.20. The Bertz CT molecular complexity index is 1010. The summed E-state index contributed by atoms with van der Waals surface area (Å²) < 4.78 is 32.9. The second-order valence-electron chi connectivity index (χ2n) is 8.00. The Balaban J connectivity index is 1.81. The quantitative estimate of drug-likeness (QED) is 0.699. The predicted octanol–water partition coefficient (Wildman–Crippen LogP) is 3.07. The monoisotopic (exact) mass is 447 g/mol. The van der Waals surface area contributed by atoms with Crippen LogP contribution in [-0.2, 0) is 14.8 Å². The number of benzene rings is 1. The molecule has 10 heteroatoms. The molecular weight excluding hydrogens is 418 g/mol. The van der Waals surface area contributed by atoms with Gasteiger partial charge in [-0.3, -0.25) is 4.98 Å². The highest BCUT2D eigenvalue weighted by molar-refractivity contribution is 7.90. The molecule has 1 saturated heterocycles. The van der Waals surface area contributed by atoms with Gasteiger partial charge in [0.15, 0.2) is 5.03 Å². The number of nitrogens with one attached hydrogen (secondary N) is 2. The third-order valence-electron chi connectivity index (χ3n) is 5.05. The molecule has 0 radical (unpaired) electrons. The molecule has 31 heavy (non-hydrogen) atoms. The number of hydrogen-bond donors (Lipinski definition) is 2. The number of nitrogens with zero attached hydrogens (tertiary/aromatic N) is 3. The fourth-order valence-electron chi connectivity index (χ4n) is 3.42. The molecule has 0 unspecified atom stereocenters. The zero-order valence-corrected chi connectivity index (χ0v) is 19.1. The molecule has 1 fully saturated rings. The number of aromatic nitrogens is 2. The molecule has 2 N–H and O–H groups in total. The molecular formula is C21H29N5O4S. The first-order valence-corrected chi connectivity index (χ1v) is 11.8. The van der Waals surface area contributed by atoms with Crippen molar-refractivity contribution in [1.82, 2.24) is 14.7 Å². The molecule has 2 amide bonds. The van der Waals surface area contributed by atoms with E-state index in [4.69, 9.17) is 4.74 Å². The third kappa shape index (κ3) is 5.50. The lowest BCUT2D eigenvalue weighted by atomic mass is 9.93. The van der Waals surface area contributed by atoms with Crippen molar-refractivity contribution in [3.8, 4) is 0 Å². The third-order valence-corrected chi connectivity index (χ3v) is 6.25. The summed E-state index contributed by atoms with van der Waals surface area (Å²) in [5, 5.41) is 2.43. The molecule has 0 spiro atoms. The molecule has 1 aliphatic rings. The molecule has 0 atom stereocenters. The summed E-state index contributed by atoms with van der Waals surface area (Å²) in [6.45, 7) is 10.3. The Labute approximate surface area is 183 Å². The van der Waals surface area contributed by atoms with Crippen molar-refractivity contribution >= 4 is 27.6 Å². The molecule has 2 heterocycles. The standard InChI is InChI=1S/C21H29N5O4S/c1-14(2)16-6-5-7-17(15(3)4)20(16)24-21(27)25-31(28,29)19-13-22-12-18(23-19)26-8-10-30-11-9-26/h5-7,12-15H,8-11H2,1-4H3,(H2,24,25,27). The van der Waals surface area contributed by atoms with Gasteiger partial charge in [-0.25, -0.2) is 14.5 Å². The van der Waals surface area contributed by atoms with E-state index in [0.29, 0.717) is 37.8 Å².